The lowest BCUT2D eigenvalue weighted by Crippen LogP contribution is -1.79. The first-order chi connectivity index (χ1) is 7.75. The second kappa shape index (κ2) is 4.83. The van der Waals surface area contributed by atoms with Gasteiger partial charge in [-0.25, -0.2) is 4.39 Å². The molecule has 0 aliphatic carbocycles. The molecule has 0 spiro atoms. The fourth-order valence-electron chi connectivity index (χ4n) is 1.24. The minimum atomic E-state index is -0.424. The van der Waals surface area contributed by atoms with Crippen LogP contribution >= 0.6 is 11.6 Å². The molecule has 2 heteroatoms. The summed E-state index contributed by atoms with van der Waals surface area (Å²) in [6.45, 7) is 0. The van der Waals surface area contributed by atoms with Crippen LogP contribution in [0.5, 0.6) is 0 Å². The van der Waals surface area contributed by atoms with Gasteiger partial charge in [0.05, 0.1) is 5.02 Å². The zero-order valence-corrected chi connectivity index (χ0v) is 9.13. The quantitative estimate of drug-likeness (QED) is 0.603. The number of halogens is 2. The van der Waals surface area contributed by atoms with Gasteiger partial charge in [-0.15, -0.1) is 0 Å². The van der Waals surface area contributed by atoms with Crippen molar-refractivity contribution in [1.82, 2.24) is 0 Å². The van der Waals surface area contributed by atoms with E-state index in [2.05, 4.69) is 11.8 Å². The summed E-state index contributed by atoms with van der Waals surface area (Å²) in [5.74, 6) is 5.48. The van der Waals surface area contributed by atoms with Crippen LogP contribution in [0.25, 0.3) is 0 Å². The maximum absolute atomic E-state index is 12.9. The molecular weight excluding hydrogens is 223 g/mol. The average molecular weight is 231 g/mol. The third-order valence-corrected chi connectivity index (χ3v) is 2.33. The van der Waals surface area contributed by atoms with Crippen molar-refractivity contribution in [2.75, 3.05) is 0 Å². The predicted molar refractivity (Wildman–Crippen MR) is 63.8 cm³/mol. The van der Waals surface area contributed by atoms with E-state index < -0.39 is 5.82 Å². The zero-order valence-electron chi connectivity index (χ0n) is 8.37. The van der Waals surface area contributed by atoms with Crippen molar-refractivity contribution in [3.05, 3.63) is 70.5 Å². The highest BCUT2D eigenvalue weighted by atomic mass is 35.5. The lowest BCUT2D eigenvalue weighted by atomic mass is 10.2. The predicted octanol–water partition coefficient (Wildman–Crippen LogP) is 3.88. The summed E-state index contributed by atoms with van der Waals surface area (Å²) in [7, 11) is 0. The molecule has 0 nitrogen and oxygen atoms in total. The molecule has 0 N–H and O–H groups in total. The highest BCUT2D eigenvalue weighted by Gasteiger charge is 1.97. The van der Waals surface area contributed by atoms with Crippen molar-refractivity contribution < 1.29 is 4.39 Å². The van der Waals surface area contributed by atoms with Crippen LogP contribution in [0, 0.1) is 17.7 Å². The molecule has 0 heterocycles. The smallest absolute Gasteiger partial charge is 0.141 e. The Labute approximate surface area is 98.7 Å². The summed E-state index contributed by atoms with van der Waals surface area (Å²) in [6.07, 6.45) is 0. The lowest BCUT2D eigenvalue weighted by Gasteiger charge is -1.94. The van der Waals surface area contributed by atoms with Gasteiger partial charge in [-0.05, 0) is 30.3 Å². The number of benzene rings is 2. The summed E-state index contributed by atoms with van der Waals surface area (Å²) in [4.78, 5) is 0. The summed E-state index contributed by atoms with van der Waals surface area (Å²) >= 11 is 5.65. The largest absolute Gasteiger partial charge is 0.205 e. The molecule has 2 rings (SSSR count). The van der Waals surface area contributed by atoms with Crippen molar-refractivity contribution >= 4 is 11.6 Å². The van der Waals surface area contributed by atoms with Crippen LogP contribution in [0.2, 0.25) is 5.02 Å². The molecule has 0 amide bonds. The van der Waals surface area contributed by atoms with Crippen LogP contribution in [-0.2, 0) is 0 Å². The molecule has 2 aromatic rings. The molecule has 16 heavy (non-hydrogen) atoms. The number of hydrogen-bond donors (Lipinski definition) is 0. The maximum Gasteiger partial charge on any atom is 0.141 e. The van der Waals surface area contributed by atoms with Crippen LogP contribution in [0.4, 0.5) is 4.39 Å². The fraction of sp³-hybridized carbons (Fsp3) is 0. The third-order valence-electron chi connectivity index (χ3n) is 2.04. The van der Waals surface area contributed by atoms with E-state index in [9.17, 15) is 4.39 Å². The fourth-order valence-corrected chi connectivity index (χ4v) is 1.42. The lowest BCUT2D eigenvalue weighted by molar-refractivity contribution is 0.628. The van der Waals surface area contributed by atoms with Crippen molar-refractivity contribution in [3.8, 4) is 11.8 Å². The van der Waals surface area contributed by atoms with Crippen LogP contribution in [-0.4, -0.2) is 0 Å². The standard InChI is InChI=1S/C14H8ClF/c15-13-10-12(8-9-14(13)16)7-6-11-4-2-1-3-5-11/h1-5,8-10H. The van der Waals surface area contributed by atoms with E-state index in [-0.39, 0.29) is 5.02 Å². The van der Waals surface area contributed by atoms with Gasteiger partial charge in [0.1, 0.15) is 5.82 Å². The van der Waals surface area contributed by atoms with Crippen molar-refractivity contribution in [2.45, 2.75) is 0 Å². The monoisotopic (exact) mass is 230 g/mol. The molecule has 0 saturated carbocycles. The van der Waals surface area contributed by atoms with Crippen LogP contribution < -0.4 is 0 Å². The van der Waals surface area contributed by atoms with Gasteiger partial charge in [0.15, 0.2) is 0 Å². The second-order valence-electron chi connectivity index (χ2n) is 3.24. The molecule has 0 aliphatic rings. The van der Waals surface area contributed by atoms with Crippen LogP contribution in [0.1, 0.15) is 11.1 Å². The Balaban J connectivity index is 2.28. The topological polar surface area (TPSA) is 0 Å². The first-order valence-corrected chi connectivity index (χ1v) is 5.15. The van der Waals surface area contributed by atoms with Gasteiger partial charge in [0.2, 0.25) is 0 Å². The normalized spacial score (nSPS) is 9.38. The maximum atomic E-state index is 12.9. The van der Waals surface area contributed by atoms with Gasteiger partial charge in [0.25, 0.3) is 0 Å². The molecule has 0 atom stereocenters. The van der Waals surface area contributed by atoms with Crippen molar-refractivity contribution in [3.63, 3.8) is 0 Å². The van der Waals surface area contributed by atoms with E-state index in [4.69, 9.17) is 11.6 Å². The first-order valence-electron chi connectivity index (χ1n) is 4.78. The summed E-state index contributed by atoms with van der Waals surface area (Å²) in [5, 5.41) is 0.0971. The van der Waals surface area contributed by atoms with E-state index in [1.54, 1.807) is 6.07 Å². The summed E-state index contributed by atoms with van der Waals surface area (Å²) < 4.78 is 12.9. The average Bonchev–Trinajstić information content (AvgIpc) is 2.32. The van der Waals surface area contributed by atoms with Gasteiger partial charge < -0.3 is 0 Å². The highest BCUT2D eigenvalue weighted by molar-refractivity contribution is 6.30. The molecule has 0 unspecified atom stereocenters. The van der Waals surface area contributed by atoms with Crippen LogP contribution in [0.3, 0.4) is 0 Å². The minimum absolute atomic E-state index is 0.0971. The van der Waals surface area contributed by atoms with Crippen molar-refractivity contribution in [2.24, 2.45) is 0 Å². The molecule has 0 aliphatic heterocycles. The third kappa shape index (κ3) is 2.62. The van der Waals surface area contributed by atoms with E-state index in [1.165, 1.54) is 12.1 Å². The van der Waals surface area contributed by atoms with Crippen LogP contribution in [0.15, 0.2) is 48.5 Å². The van der Waals surface area contributed by atoms with E-state index in [0.717, 1.165) is 5.56 Å². The zero-order chi connectivity index (χ0) is 11.4. The Morgan fingerprint density at radius 3 is 2.25 bits per heavy atom. The molecule has 0 fully saturated rings. The molecule has 0 bridgehead atoms. The number of hydrogen-bond acceptors (Lipinski definition) is 0. The SMILES string of the molecule is Fc1ccc(C#Cc2ccccc2)cc1Cl. The highest BCUT2D eigenvalue weighted by Crippen LogP contribution is 2.15. The Hall–Kier alpha value is -1.78. The Morgan fingerprint density at radius 1 is 0.875 bits per heavy atom. The molecule has 0 saturated heterocycles. The Morgan fingerprint density at radius 2 is 1.56 bits per heavy atom. The van der Waals surface area contributed by atoms with Gasteiger partial charge in [-0.3, -0.25) is 0 Å². The Bertz CT molecular complexity index is 550. The summed E-state index contributed by atoms with van der Waals surface area (Å²) in [5.41, 5.74) is 1.62. The van der Waals surface area contributed by atoms with Crippen molar-refractivity contribution in [1.29, 1.82) is 0 Å². The second-order valence-corrected chi connectivity index (χ2v) is 3.65. The molecular formula is C14H8ClF. The summed E-state index contributed by atoms with van der Waals surface area (Å²) in [6, 6.07) is 14.0. The number of rotatable bonds is 0. The first kappa shape index (κ1) is 10.7. The van der Waals surface area contributed by atoms with Gasteiger partial charge in [0, 0.05) is 11.1 Å². The van der Waals surface area contributed by atoms with E-state index in [0.29, 0.717) is 5.56 Å². The minimum Gasteiger partial charge on any atom is -0.205 e. The van der Waals surface area contributed by atoms with Gasteiger partial charge in [-0.1, -0.05) is 41.6 Å². The molecule has 78 valence electrons. The molecule has 0 radical (unpaired) electrons. The van der Waals surface area contributed by atoms with Gasteiger partial charge >= 0.3 is 0 Å². The van der Waals surface area contributed by atoms with E-state index in [1.807, 2.05) is 30.3 Å². The molecule has 2 aromatic carbocycles. The van der Waals surface area contributed by atoms with E-state index >= 15 is 0 Å². The van der Waals surface area contributed by atoms with Gasteiger partial charge in [-0.2, -0.15) is 0 Å². The molecule has 0 aromatic heterocycles. The Kier molecular flexibility index (Phi) is 3.24.